The van der Waals surface area contributed by atoms with Crippen molar-refractivity contribution >= 4 is 43.5 Å². The van der Waals surface area contributed by atoms with Crippen LogP contribution in [0.3, 0.4) is 0 Å². The first-order valence-electron chi connectivity index (χ1n) is 12.6. The predicted molar refractivity (Wildman–Crippen MR) is 157 cm³/mol. The quantitative estimate of drug-likeness (QED) is 0.217. The van der Waals surface area contributed by atoms with Crippen molar-refractivity contribution in [3.8, 4) is 17.2 Å². The minimum Gasteiger partial charge on any atom is -0.497 e. The zero-order chi connectivity index (χ0) is 27.7. The number of nitrogens with zero attached hydrogens (tertiary/aromatic N) is 3. The predicted octanol–water partition coefficient (Wildman–Crippen LogP) is 6.54. The number of ether oxygens (including phenoxy) is 2. The number of aromatic nitrogens is 2. The number of methoxy groups -OCH3 is 2. The van der Waals surface area contributed by atoms with Crippen molar-refractivity contribution < 1.29 is 14.3 Å². The molecule has 1 amide bonds. The van der Waals surface area contributed by atoms with Gasteiger partial charge in [-0.1, -0.05) is 42.5 Å². The van der Waals surface area contributed by atoms with Crippen molar-refractivity contribution in [3.63, 3.8) is 0 Å². The van der Waals surface area contributed by atoms with E-state index in [0.29, 0.717) is 50.5 Å². The van der Waals surface area contributed by atoms with Gasteiger partial charge in [-0.2, -0.15) is 0 Å². The third-order valence-electron chi connectivity index (χ3n) is 6.93. The number of carbonyl (C=O) groups excluding carboxylic acids is 1. The molecule has 8 heteroatoms. The average molecular weight is 586 g/mol. The van der Waals surface area contributed by atoms with Crippen LogP contribution < -0.4 is 15.0 Å². The highest BCUT2D eigenvalue weighted by Gasteiger charge is 2.28. The number of benzene rings is 4. The van der Waals surface area contributed by atoms with Crippen LogP contribution in [-0.2, 0) is 0 Å². The Kier molecular flexibility index (Phi) is 7.39. The van der Waals surface area contributed by atoms with E-state index in [1.54, 1.807) is 48.0 Å². The van der Waals surface area contributed by atoms with E-state index in [1.807, 2.05) is 68.4 Å². The smallest absolute Gasteiger partial charge is 0.266 e. The van der Waals surface area contributed by atoms with Crippen LogP contribution in [0.2, 0.25) is 0 Å². The van der Waals surface area contributed by atoms with E-state index in [4.69, 9.17) is 14.5 Å². The third-order valence-corrected chi connectivity index (χ3v) is 7.73. The van der Waals surface area contributed by atoms with Crippen molar-refractivity contribution in [3.05, 3.63) is 105 Å². The van der Waals surface area contributed by atoms with Crippen molar-refractivity contribution in [2.75, 3.05) is 20.8 Å². The van der Waals surface area contributed by atoms with Crippen LogP contribution in [0, 0.1) is 0 Å². The molecule has 0 bridgehead atoms. The summed E-state index contributed by atoms with van der Waals surface area (Å²) in [5, 5.41) is 2.51. The van der Waals surface area contributed by atoms with Crippen molar-refractivity contribution in [1.82, 2.24) is 14.5 Å². The molecule has 0 aliphatic rings. The summed E-state index contributed by atoms with van der Waals surface area (Å²) < 4.78 is 13.2. The second-order valence-electron chi connectivity index (χ2n) is 9.12. The molecule has 39 heavy (non-hydrogen) atoms. The fourth-order valence-corrected chi connectivity index (χ4v) is 5.44. The average Bonchev–Trinajstić information content (AvgIpc) is 2.97. The summed E-state index contributed by atoms with van der Waals surface area (Å²) in [5.74, 6) is 1.29. The maximum atomic E-state index is 14.0. The lowest BCUT2D eigenvalue weighted by atomic mass is 10.1. The second-order valence-corrected chi connectivity index (χ2v) is 9.91. The molecule has 198 valence electrons. The molecule has 7 nitrogen and oxygen atoms in total. The van der Waals surface area contributed by atoms with E-state index in [2.05, 4.69) is 15.9 Å². The van der Waals surface area contributed by atoms with Gasteiger partial charge in [0.15, 0.2) is 0 Å². The van der Waals surface area contributed by atoms with Gasteiger partial charge in [0.2, 0.25) is 0 Å². The van der Waals surface area contributed by atoms with Crippen LogP contribution in [0.25, 0.3) is 27.4 Å². The fourth-order valence-electron chi connectivity index (χ4n) is 4.87. The summed E-state index contributed by atoms with van der Waals surface area (Å²) in [5.41, 5.74) is 1.38. The van der Waals surface area contributed by atoms with E-state index in [-0.39, 0.29) is 11.5 Å². The summed E-state index contributed by atoms with van der Waals surface area (Å²) in [6.07, 6.45) is 0. The van der Waals surface area contributed by atoms with Crippen molar-refractivity contribution in [2.24, 2.45) is 0 Å². The summed E-state index contributed by atoms with van der Waals surface area (Å²) in [6.45, 7) is 4.22. The maximum absolute atomic E-state index is 14.0. The first-order valence-corrected chi connectivity index (χ1v) is 13.4. The Morgan fingerprint density at radius 3 is 2.41 bits per heavy atom. The molecule has 0 fully saturated rings. The fraction of sp³-hybridized carbons (Fsp3) is 0.194. The molecule has 5 rings (SSSR count). The van der Waals surface area contributed by atoms with Gasteiger partial charge in [-0.3, -0.25) is 14.2 Å². The molecular formula is C31H28BrN3O4. The third kappa shape index (κ3) is 4.76. The van der Waals surface area contributed by atoms with E-state index < -0.39 is 6.04 Å². The largest absolute Gasteiger partial charge is 0.497 e. The van der Waals surface area contributed by atoms with Crippen LogP contribution in [0.4, 0.5) is 0 Å². The lowest BCUT2D eigenvalue weighted by Crippen LogP contribution is -2.37. The molecule has 0 aliphatic heterocycles. The number of halogens is 1. The maximum Gasteiger partial charge on any atom is 0.266 e. The van der Waals surface area contributed by atoms with E-state index in [1.165, 1.54) is 0 Å². The summed E-state index contributed by atoms with van der Waals surface area (Å²) in [4.78, 5) is 34.5. The number of fused-ring (bicyclic) bond motifs is 2. The van der Waals surface area contributed by atoms with E-state index in [0.717, 1.165) is 10.8 Å². The van der Waals surface area contributed by atoms with Crippen LogP contribution in [-0.4, -0.2) is 41.1 Å². The lowest BCUT2D eigenvalue weighted by molar-refractivity contribution is 0.0693. The van der Waals surface area contributed by atoms with Gasteiger partial charge in [0.1, 0.15) is 17.3 Å². The van der Waals surface area contributed by atoms with Crippen molar-refractivity contribution in [2.45, 2.75) is 19.9 Å². The summed E-state index contributed by atoms with van der Waals surface area (Å²) in [7, 11) is 3.10. The first-order chi connectivity index (χ1) is 18.9. The zero-order valence-electron chi connectivity index (χ0n) is 22.1. The second kappa shape index (κ2) is 10.9. The molecule has 1 aromatic heterocycles. The van der Waals surface area contributed by atoms with Gasteiger partial charge in [-0.05, 0) is 64.8 Å². The van der Waals surface area contributed by atoms with Gasteiger partial charge < -0.3 is 14.4 Å². The topological polar surface area (TPSA) is 73.7 Å². The standard InChI is InChI=1S/C31H28BrN3O4/c1-5-34(30(36)22-15-14-20-10-6-7-11-21(20)16-22)19(2)29-33-25-13-9-8-12-24(25)31(37)35(29)26-17-23(38-3)18-27(39-4)28(26)32/h6-19H,5H2,1-4H3. The minimum absolute atomic E-state index is 0.146. The number of hydrogen-bond acceptors (Lipinski definition) is 5. The van der Waals surface area contributed by atoms with Gasteiger partial charge >= 0.3 is 0 Å². The van der Waals surface area contributed by atoms with Gasteiger partial charge in [0.25, 0.3) is 11.5 Å². The highest BCUT2D eigenvalue weighted by atomic mass is 79.9. The first kappa shape index (κ1) is 26.4. The van der Waals surface area contributed by atoms with E-state index in [9.17, 15) is 9.59 Å². The SMILES string of the molecule is CCN(C(=O)c1ccc2ccccc2c1)C(C)c1nc2ccccc2c(=O)n1-c1cc(OC)cc(OC)c1Br. The molecule has 1 atom stereocenters. The Labute approximate surface area is 234 Å². The van der Waals surface area contributed by atoms with Crippen LogP contribution in [0.15, 0.2) is 88.1 Å². The van der Waals surface area contributed by atoms with Gasteiger partial charge in [-0.25, -0.2) is 4.98 Å². The molecule has 1 heterocycles. The molecule has 0 N–H and O–H groups in total. The van der Waals surface area contributed by atoms with Crippen LogP contribution in [0.1, 0.15) is 36.1 Å². The zero-order valence-corrected chi connectivity index (χ0v) is 23.7. The van der Waals surface area contributed by atoms with E-state index >= 15 is 0 Å². The molecule has 0 saturated heterocycles. The molecular weight excluding hydrogens is 558 g/mol. The normalized spacial score (nSPS) is 11.9. The number of rotatable bonds is 7. The lowest BCUT2D eigenvalue weighted by Gasteiger charge is -2.30. The number of amides is 1. The number of carbonyl (C=O) groups is 1. The molecule has 0 aliphatic carbocycles. The van der Waals surface area contributed by atoms with Gasteiger partial charge in [-0.15, -0.1) is 0 Å². The summed E-state index contributed by atoms with van der Waals surface area (Å²) in [6, 6.07) is 23.8. The Balaban J connectivity index is 1.71. The molecule has 4 aromatic carbocycles. The molecule has 0 radical (unpaired) electrons. The Hall–Kier alpha value is -4.17. The summed E-state index contributed by atoms with van der Waals surface area (Å²) >= 11 is 3.62. The van der Waals surface area contributed by atoms with Crippen LogP contribution in [0.5, 0.6) is 11.5 Å². The van der Waals surface area contributed by atoms with Crippen molar-refractivity contribution in [1.29, 1.82) is 0 Å². The molecule has 1 unspecified atom stereocenters. The molecule has 0 saturated carbocycles. The molecule has 0 spiro atoms. The Morgan fingerprint density at radius 1 is 0.974 bits per heavy atom. The monoisotopic (exact) mass is 585 g/mol. The minimum atomic E-state index is -0.546. The Morgan fingerprint density at radius 2 is 1.69 bits per heavy atom. The number of para-hydroxylation sites is 1. The molecule has 5 aromatic rings. The Bertz CT molecular complexity index is 1770. The highest BCUT2D eigenvalue weighted by Crippen LogP contribution is 2.37. The van der Waals surface area contributed by atoms with Crippen LogP contribution >= 0.6 is 15.9 Å². The van der Waals surface area contributed by atoms with Gasteiger partial charge in [0.05, 0.1) is 41.3 Å². The number of hydrogen-bond donors (Lipinski definition) is 0. The highest BCUT2D eigenvalue weighted by molar-refractivity contribution is 9.10. The van der Waals surface area contributed by atoms with Gasteiger partial charge in [0, 0.05) is 24.2 Å².